The second kappa shape index (κ2) is 5.83. The van der Waals surface area contributed by atoms with Crippen LogP contribution in [-0.4, -0.2) is 40.9 Å². The monoisotopic (exact) mass is 255 g/mol. The number of hydrogen-bond donors (Lipinski definition) is 2. The minimum Gasteiger partial charge on any atom is -0.395 e. The summed E-state index contributed by atoms with van der Waals surface area (Å²) in [5, 5.41) is 19.8. The van der Waals surface area contributed by atoms with Crippen LogP contribution in [0.15, 0.2) is 24.3 Å². The Morgan fingerprint density at radius 2 is 2.18 bits per heavy atom. The maximum atomic E-state index is 10.1. The molecular weight excluding hydrogens is 238 g/mol. The van der Waals surface area contributed by atoms with E-state index in [0.717, 1.165) is 5.56 Å². The number of aliphatic hydroxyl groups excluding tert-OH is 2. The molecule has 0 bridgehead atoms. The van der Waals surface area contributed by atoms with Crippen molar-refractivity contribution in [1.29, 1.82) is 0 Å². The normalized spacial score (nSPS) is 17.4. The lowest BCUT2D eigenvalue weighted by Crippen LogP contribution is -2.33. The summed E-state index contributed by atoms with van der Waals surface area (Å²) >= 11 is 5.90. The maximum Gasteiger partial charge on any atom is 0.0917 e. The van der Waals surface area contributed by atoms with E-state index in [2.05, 4.69) is 4.90 Å². The quantitative estimate of drug-likeness (QED) is 0.815. The Bertz CT molecular complexity index is 368. The van der Waals surface area contributed by atoms with Crippen LogP contribution < -0.4 is 0 Å². The van der Waals surface area contributed by atoms with Crippen molar-refractivity contribution in [3.8, 4) is 0 Å². The van der Waals surface area contributed by atoms with Crippen molar-refractivity contribution in [2.45, 2.75) is 25.0 Å². The van der Waals surface area contributed by atoms with Crippen molar-refractivity contribution in [2.75, 3.05) is 19.7 Å². The highest BCUT2D eigenvalue weighted by molar-refractivity contribution is 6.30. The van der Waals surface area contributed by atoms with E-state index in [4.69, 9.17) is 16.7 Å². The summed E-state index contributed by atoms with van der Waals surface area (Å²) in [4.78, 5) is 2.14. The van der Waals surface area contributed by atoms with E-state index in [9.17, 15) is 5.11 Å². The van der Waals surface area contributed by atoms with Gasteiger partial charge in [-0.3, -0.25) is 4.90 Å². The standard InChI is InChI=1S/C13H18ClNO2/c14-11-3-1-2-10(8-11)13(17)9-15(6-7-16)12-4-5-12/h1-3,8,12-13,16-17H,4-7,9H2. The van der Waals surface area contributed by atoms with Gasteiger partial charge in [-0.2, -0.15) is 0 Å². The molecule has 3 nitrogen and oxygen atoms in total. The van der Waals surface area contributed by atoms with Gasteiger partial charge in [0.15, 0.2) is 0 Å². The van der Waals surface area contributed by atoms with Gasteiger partial charge >= 0.3 is 0 Å². The average molecular weight is 256 g/mol. The Hall–Kier alpha value is -0.610. The van der Waals surface area contributed by atoms with E-state index >= 15 is 0 Å². The zero-order valence-corrected chi connectivity index (χ0v) is 10.5. The Morgan fingerprint density at radius 1 is 1.41 bits per heavy atom. The first kappa shape index (κ1) is 12.8. The molecular formula is C13H18ClNO2. The summed E-state index contributed by atoms with van der Waals surface area (Å²) in [6.45, 7) is 1.33. The van der Waals surface area contributed by atoms with Gasteiger partial charge < -0.3 is 10.2 Å². The summed E-state index contributed by atoms with van der Waals surface area (Å²) in [5.41, 5.74) is 0.834. The van der Waals surface area contributed by atoms with Gasteiger partial charge in [0.2, 0.25) is 0 Å². The molecule has 1 saturated carbocycles. The summed E-state index contributed by atoms with van der Waals surface area (Å²) in [7, 11) is 0. The molecule has 1 aromatic carbocycles. The number of hydrogen-bond acceptors (Lipinski definition) is 3. The second-order valence-electron chi connectivity index (χ2n) is 4.52. The van der Waals surface area contributed by atoms with Gasteiger partial charge in [-0.25, -0.2) is 0 Å². The molecule has 2 N–H and O–H groups in total. The van der Waals surface area contributed by atoms with Crippen LogP contribution in [0.25, 0.3) is 0 Å². The van der Waals surface area contributed by atoms with Crippen molar-refractivity contribution in [3.63, 3.8) is 0 Å². The van der Waals surface area contributed by atoms with E-state index in [1.165, 1.54) is 12.8 Å². The van der Waals surface area contributed by atoms with Crippen LogP contribution in [0.4, 0.5) is 0 Å². The molecule has 1 aliphatic rings. The largest absolute Gasteiger partial charge is 0.395 e. The molecule has 0 amide bonds. The molecule has 1 fully saturated rings. The van der Waals surface area contributed by atoms with Crippen molar-refractivity contribution < 1.29 is 10.2 Å². The van der Waals surface area contributed by atoms with Gasteiger partial charge in [-0.05, 0) is 30.5 Å². The third-order valence-corrected chi connectivity index (χ3v) is 3.33. The van der Waals surface area contributed by atoms with Crippen molar-refractivity contribution in [3.05, 3.63) is 34.9 Å². The van der Waals surface area contributed by atoms with Crippen LogP contribution in [0.1, 0.15) is 24.5 Å². The smallest absolute Gasteiger partial charge is 0.0917 e. The minimum atomic E-state index is -0.541. The molecule has 1 atom stereocenters. The van der Waals surface area contributed by atoms with E-state index < -0.39 is 6.10 Å². The summed E-state index contributed by atoms with van der Waals surface area (Å²) in [5.74, 6) is 0. The number of benzene rings is 1. The number of nitrogens with zero attached hydrogens (tertiary/aromatic N) is 1. The Morgan fingerprint density at radius 3 is 2.76 bits per heavy atom. The highest BCUT2D eigenvalue weighted by atomic mass is 35.5. The molecule has 4 heteroatoms. The van der Waals surface area contributed by atoms with E-state index in [1.54, 1.807) is 12.1 Å². The second-order valence-corrected chi connectivity index (χ2v) is 4.96. The van der Waals surface area contributed by atoms with Crippen LogP contribution in [-0.2, 0) is 0 Å². The minimum absolute atomic E-state index is 0.138. The molecule has 1 aliphatic carbocycles. The first-order valence-corrected chi connectivity index (χ1v) is 6.37. The van der Waals surface area contributed by atoms with Crippen LogP contribution in [0.3, 0.4) is 0 Å². The lowest BCUT2D eigenvalue weighted by Gasteiger charge is -2.24. The third-order valence-electron chi connectivity index (χ3n) is 3.09. The van der Waals surface area contributed by atoms with Crippen LogP contribution in [0, 0.1) is 0 Å². The Balaban J connectivity index is 1.96. The first-order chi connectivity index (χ1) is 8.20. The maximum absolute atomic E-state index is 10.1. The summed E-state index contributed by atoms with van der Waals surface area (Å²) in [6.07, 6.45) is 1.80. The predicted octanol–water partition coefficient (Wildman–Crippen LogP) is 1.83. The molecule has 0 aliphatic heterocycles. The van der Waals surface area contributed by atoms with Crippen LogP contribution in [0.5, 0.6) is 0 Å². The molecule has 1 aromatic rings. The molecule has 0 radical (unpaired) electrons. The van der Waals surface area contributed by atoms with Crippen LogP contribution >= 0.6 is 11.6 Å². The van der Waals surface area contributed by atoms with Gasteiger partial charge in [0.25, 0.3) is 0 Å². The Labute approximate surface area is 107 Å². The van der Waals surface area contributed by atoms with Gasteiger partial charge in [-0.15, -0.1) is 0 Å². The highest BCUT2D eigenvalue weighted by Gasteiger charge is 2.29. The first-order valence-electron chi connectivity index (χ1n) is 5.99. The molecule has 94 valence electrons. The molecule has 0 spiro atoms. The lowest BCUT2D eigenvalue weighted by molar-refractivity contribution is 0.0952. The fraction of sp³-hybridized carbons (Fsp3) is 0.538. The third kappa shape index (κ3) is 3.68. The van der Waals surface area contributed by atoms with Gasteiger partial charge in [0.05, 0.1) is 12.7 Å². The fourth-order valence-electron chi connectivity index (χ4n) is 2.03. The molecule has 2 rings (SSSR count). The topological polar surface area (TPSA) is 43.7 Å². The molecule has 0 saturated heterocycles. The van der Waals surface area contributed by atoms with E-state index in [-0.39, 0.29) is 6.61 Å². The van der Waals surface area contributed by atoms with Crippen molar-refractivity contribution >= 4 is 11.6 Å². The molecule has 0 aromatic heterocycles. The summed E-state index contributed by atoms with van der Waals surface area (Å²) < 4.78 is 0. The van der Waals surface area contributed by atoms with Gasteiger partial charge in [0.1, 0.15) is 0 Å². The Kier molecular flexibility index (Phi) is 4.40. The summed E-state index contributed by atoms with van der Waals surface area (Å²) in [6, 6.07) is 7.84. The zero-order valence-electron chi connectivity index (χ0n) is 9.72. The molecule has 1 unspecified atom stereocenters. The zero-order chi connectivity index (χ0) is 12.3. The fourth-order valence-corrected chi connectivity index (χ4v) is 2.23. The SMILES string of the molecule is OCCN(CC(O)c1cccc(Cl)c1)C1CC1. The average Bonchev–Trinajstić information content (AvgIpc) is 3.12. The molecule has 17 heavy (non-hydrogen) atoms. The van der Waals surface area contributed by atoms with Gasteiger partial charge in [0, 0.05) is 24.2 Å². The van der Waals surface area contributed by atoms with E-state index in [0.29, 0.717) is 24.2 Å². The van der Waals surface area contributed by atoms with Gasteiger partial charge in [-0.1, -0.05) is 23.7 Å². The number of halogens is 1. The number of aliphatic hydroxyl groups is 2. The number of rotatable bonds is 6. The lowest BCUT2D eigenvalue weighted by atomic mass is 10.1. The van der Waals surface area contributed by atoms with Crippen LogP contribution in [0.2, 0.25) is 5.02 Å². The molecule has 0 heterocycles. The van der Waals surface area contributed by atoms with E-state index in [1.807, 2.05) is 12.1 Å². The van der Waals surface area contributed by atoms with Crippen molar-refractivity contribution in [1.82, 2.24) is 4.90 Å². The predicted molar refractivity (Wildman–Crippen MR) is 68.1 cm³/mol. The highest BCUT2D eigenvalue weighted by Crippen LogP contribution is 2.28. The van der Waals surface area contributed by atoms with Crippen molar-refractivity contribution in [2.24, 2.45) is 0 Å².